The molecule has 0 amide bonds. The number of piperazine rings is 1. The van der Waals surface area contributed by atoms with Crippen molar-refractivity contribution in [3.05, 3.63) is 0 Å². The van der Waals surface area contributed by atoms with Gasteiger partial charge in [0.15, 0.2) is 0 Å². The Hall–Kier alpha value is -0.170. The Morgan fingerprint density at radius 2 is 1.81 bits per heavy atom. The average molecular weight is 317 g/mol. The van der Waals surface area contributed by atoms with E-state index >= 15 is 0 Å². The van der Waals surface area contributed by atoms with Crippen molar-refractivity contribution in [3.8, 4) is 0 Å². The first-order valence-corrected chi connectivity index (χ1v) is 10.2. The second kappa shape index (κ2) is 7.40. The van der Waals surface area contributed by atoms with E-state index in [1.54, 1.807) is 4.31 Å². The summed E-state index contributed by atoms with van der Waals surface area (Å²) in [5.74, 6) is 1.42. The first kappa shape index (κ1) is 17.2. The maximum atomic E-state index is 11.6. The molecule has 1 heterocycles. The number of rotatable bonds is 5. The number of sulfonamides is 1. The highest BCUT2D eigenvalue weighted by molar-refractivity contribution is 7.88. The molecule has 0 spiro atoms. The van der Waals surface area contributed by atoms with E-state index in [1.165, 1.54) is 38.4 Å². The predicted octanol–water partition coefficient (Wildman–Crippen LogP) is 1.11. The zero-order valence-electron chi connectivity index (χ0n) is 13.5. The largest absolute Gasteiger partial charge is 0.330 e. The summed E-state index contributed by atoms with van der Waals surface area (Å²) >= 11 is 0. The summed E-state index contributed by atoms with van der Waals surface area (Å²) in [7, 11) is -3.04. The normalized spacial score (nSPS) is 33.2. The van der Waals surface area contributed by atoms with Gasteiger partial charge in [-0.2, -0.15) is 4.31 Å². The second-order valence-electron chi connectivity index (χ2n) is 6.73. The third kappa shape index (κ3) is 4.41. The zero-order chi connectivity index (χ0) is 15.5. The van der Waals surface area contributed by atoms with Gasteiger partial charge in [0.1, 0.15) is 0 Å². The molecule has 3 atom stereocenters. The summed E-state index contributed by atoms with van der Waals surface area (Å²) in [4.78, 5) is 2.50. The minimum atomic E-state index is -3.04. The van der Waals surface area contributed by atoms with E-state index in [9.17, 15) is 8.42 Å². The highest BCUT2D eigenvalue weighted by atomic mass is 32.2. The molecular formula is C15H31N3O2S. The Balaban J connectivity index is 1.95. The topological polar surface area (TPSA) is 66.6 Å². The molecule has 2 aliphatic rings. The lowest BCUT2D eigenvalue weighted by molar-refractivity contribution is 0.0542. The highest BCUT2D eigenvalue weighted by Crippen LogP contribution is 2.34. The molecular weight excluding hydrogens is 286 g/mol. The lowest BCUT2D eigenvalue weighted by atomic mass is 9.76. The van der Waals surface area contributed by atoms with Crippen molar-refractivity contribution in [2.24, 2.45) is 17.6 Å². The molecule has 124 valence electrons. The van der Waals surface area contributed by atoms with Crippen molar-refractivity contribution in [2.45, 2.75) is 45.1 Å². The van der Waals surface area contributed by atoms with E-state index < -0.39 is 10.0 Å². The molecule has 2 rings (SSSR count). The fraction of sp³-hybridized carbons (Fsp3) is 1.00. The molecule has 0 bridgehead atoms. The van der Waals surface area contributed by atoms with Crippen LogP contribution in [0.3, 0.4) is 0 Å². The third-order valence-electron chi connectivity index (χ3n) is 5.28. The Morgan fingerprint density at radius 3 is 2.33 bits per heavy atom. The molecule has 1 aliphatic carbocycles. The van der Waals surface area contributed by atoms with Crippen LogP contribution < -0.4 is 5.73 Å². The van der Waals surface area contributed by atoms with Crippen molar-refractivity contribution in [1.29, 1.82) is 0 Å². The lowest BCUT2D eigenvalue weighted by Gasteiger charge is -2.45. The molecule has 1 aliphatic heterocycles. The summed E-state index contributed by atoms with van der Waals surface area (Å²) in [6.07, 6.45) is 7.68. The summed E-state index contributed by atoms with van der Waals surface area (Å²) in [5, 5.41) is 0. The molecule has 0 aromatic rings. The first-order valence-electron chi connectivity index (χ1n) is 8.35. The van der Waals surface area contributed by atoms with Gasteiger partial charge in [-0.25, -0.2) is 8.42 Å². The third-order valence-corrected chi connectivity index (χ3v) is 6.58. The summed E-state index contributed by atoms with van der Waals surface area (Å²) in [6.45, 7) is 5.99. The molecule has 1 saturated carbocycles. The molecule has 2 fully saturated rings. The van der Waals surface area contributed by atoms with Gasteiger partial charge in [-0.3, -0.25) is 4.90 Å². The Kier molecular flexibility index (Phi) is 6.05. The standard InChI is InChI=1S/C15H31N3O2S/c1-3-4-13-5-6-14(12-16)15(11-13)17-7-9-18(10-8-17)21(2,19)20/h13-15H,3-12,16H2,1-2H3. The van der Waals surface area contributed by atoms with Crippen LogP contribution in [0.4, 0.5) is 0 Å². The summed E-state index contributed by atoms with van der Waals surface area (Å²) in [5.41, 5.74) is 5.98. The number of hydrogen-bond acceptors (Lipinski definition) is 4. The van der Waals surface area contributed by atoms with Crippen LogP contribution in [-0.2, 0) is 10.0 Å². The van der Waals surface area contributed by atoms with Crippen LogP contribution in [0.1, 0.15) is 39.0 Å². The van der Waals surface area contributed by atoms with Crippen LogP contribution >= 0.6 is 0 Å². The van der Waals surface area contributed by atoms with E-state index in [-0.39, 0.29) is 0 Å². The van der Waals surface area contributed by atoms with E-state index in [4.69, 9.17) is 5.73 Å². The van der Waals surface area contributed by atoms with Crippen molar-refractivity contribution in [2.75, 3.05) is 39.0 Å². The minimum Gasteiger partial charge on any atom is -0.330 e. The number of nitrogens with two attached hydrogens (primary N) is 1. The second-order valence-corrected chi connectivity index (χ2v) is 8.71. The van der Waals surface area contributed by atoms with E-state index in [0.29, 0.717) is 25.0 Å². The van der Waals surface area contributed by atoms with Gasteiger partial charge in [-0.1, -0.05) is 26.2 Å². The average Bonchev–Trinajstić information content (AvgIpc) is 2.47. The quantitative estimate of drug-likeness (QED) is 0.825. The molecule has 0 aromatic carbocycles. The van der Waals surface area contributed by atoms with Crippen LogP contribution in [0, 0.1) is 11.8 Å². The monoisotopic (exact) mass is 317 g/mol. The Bertz CT molecular complexity index is 419. The van der Waals surface area contributed by atoms with Gasteiger partial charge in [0.05, 0.1) is 6.26 Å². The minimum absolute atomic E-state index is 0.557. The van der Waals surface area contributed by atoms with Gasteiger partial charge < -0.3 is 5.73 Å². The van der Waals surface area contributed by atoms with Crippen molar-refractivity contribution < 1.29 is 8.42 Å². The molecule has 2 N–H and O–H groups in total. The number of hydrogen-bond donors (Lipinski definition) is 1. The highest BCUT2D eigenvalue weighted by Gasteiger charge is 2.35. The predicted molar refractivity (Wildman–Crippen MR) is 86.6 cm³/mol. The van der Waals surface area contributed by atoms with Crippen LogP contribution in [0.5, 0.6) is 0 Å². The van der Waals surface area contributed by atoms with Gasteiger partial charge in [0.25, 0.3) is 0 Å². The molecule has 6 heteroatoms. The lowest BCUT2D eigenvalue weighted by Crippen LogP contribution is -2.55. The van der Waals surface area contributed by atoms with Gasteiger partial charge in [-0.15, -0.1) is 0 Å². The first-order chi connectivity index (χ1) is 9.95. The van der Waals surface area contributed by atoms with Crippen LogP contribution in [0.2, 0.25) is 0 Å². The molecule has 0 aromatic heterocycles. The van der Waals surface area contributed by atoms with Crippen molar-refractivity contribution in [3.63, 3.8) is 0 Å². The maximum absolute atomic E-state index is 11.6. The molecule has 0 radical (unpaired) electrons. The molecule has 1 saturated heterocycles. The van der Waals surface area contributed by atoms with Crippen LogP contribution in [0.15, 0.2) is 0 Å². The fourth-order valence-electron chi connectivity index (χ4n) is 4.05. The molecule has 21 heavy (non-hydrogen) atoms. The zero-order valence-corrected chi connectivity index (χ0v) is 14.3. The fourth-order valence-corrected chi connectivity index (χ4v) is 4.88. The van der Waals surface area contributed by atoms with Crippen molar-refractivity contribution in [1.82, 2.24) is 9.21 Å². The SMILES string of the molecule is CCCC1CCC(CN)C(N2CCN(S(C)(=O)=O)CC2)C1. The van der Waals surface area contributed by atoms with Crippen molar-refractivity contribution >= 4 is 10.0 Å². The molecule has 5 nitrogen and oxygen atoms in total. The van der Waals surface area contributed by atoms with Crippen LogP contribution in [-0.4, -0.2) is 62.6 Å². The van der Waals surface area contributed by atoms with E-state index in [2.05, 4.69) is 11.8 Å². The van der Waals surface area contributed by atoms with Crippen LogP contribution in [0.25, 0.3) is 0 Å². The summed E-state index contributed by atoms with van der Waals surface area (Å²) in [6, 6.07) is 0.557. The Morgan fingerprint density at radius 1 is 1.14 bits per heavy atom. The van der Waals surface area contributed by atoms with Gasteiger partial charge in [0.2, 0.25) is 10.0 Å². The van der Waals surface area contributed by atoms with E-state index in [0.717, 1.165) is 25.6 Å². The van der Waals surface area contributed by atoms with Gasteiger partial charge in [-0.05, 0) is 31.2 Å². The molecule has 3 unspecified atom stereocenters. The summed E-state index contributed by atoms with van der Waals surface area (Å²) < 4.78 is 24.8. The maximum Gasteiger partial charge on any atom is 0.211 e. The smallest absolute Gasteiger partial charge is 0.211 e. The Labute approximate surface area is 129 Å². The van der Waals surface area contributed by atoms with Gasteiger partial charge in [0, 0.05) is 32.2 Å². The number of nitrogens with zero attached hydrogens (tertiary/aromatic N) is 2. The van der Waals surface area contributed by atoms with Gasteiger partial charge >= 0.3 is 0 Å². The van der Waals surface area contributed by atoms with E-state index in [1.807, 2.05) is 0 Å².